The second-order valence-electron chi connectivity index (χ2n) is 6.77. The van der Waals surface area contributed by atoms with Crippen molar-refractivity contribution in [3.63, 3.8) is 0 Å². The Morgan fingerprint density at radius 3 is 2.39 bits per heavy atom. The quantitative estimate of drug-likeness (QED) is 0.840. The summed E-state index contributed by atoms with van der Waals surface area (Å²) in [5.74, 6) is 0.248. The van der Waals surface area contributed by atoms with Crippen LogP contribution in [-0.4, -0.2) is 21.8 Å². The number of aromatic nitrogens is 2. The summed E-state index contributed by atoms with van der Waals surface area (Å²) >= 11 is 0. The van der Waals surface area contributed by atoms with Crippen LogP contribution in [0.15, 0.2) is 12.1 Å². The van der Waals surface area contributed by atoms with E-state index in [0.717, 1.165) is 31.2 Å². The van der Waals surface area contributed by atoms with Crippen molar-refractivity contribution in [2.45, 2.75) is 63.6 Å². The maximum absolute atomic E-state index is 14.4. The number of nitrogens with zero attached hydrogens (tertiary/aromatic N) is 2. The van der Waals surface area contributed by atoms with E-state index in [0.29, 0.717) is 17.3 Å². The average Bonchev–Trinajstić information content (AvgIpc) is 2.82. The Morgan fingerprint density at radius 2 is 1.70 bits per heavy atom. The van der Waals surface area contributed by atoms with Crippen LogP contribution in [0.1, 0.15) is 51.4 Å². The highest BCUT2D eigenvalue weighted by atomic mass is 19.1. The summed E-state index contributed by atoms with van der Waals surface area (Å²) in [4.78, 5) is 4.37. The first kappa shape index (κ1) is 14.8. The average molecular weight is 318 g/mol. The van der Waals surface area contributed by atoms with Crippen LogP contribution in [-0.2, 0) is 7.05 Å². The zero-order chi connectivity index (χ0) is 15.8. The zero-order valence-electron chi connectivity index (χ0n) is 13.6. The van der Waals surface area contributed by atoms with Crippen LogP contribution >= 0.6 is 0 Å². The van der Waals surface area contributed by atoms with Gasteiger partial charge in [-0.1, -0.05) is 6.42 Å². The molecule has 0 aliphatic heterocycles. The summed E-state index contributed by atoms with van der Waals surface area (Å²) < 4.78 is 28.1. The molecule has 1 aromatic heterocycles. The molecular formula is C18H23FN2O2. The highest BCUT2D eigenvalue weighted by Gasteiger charge is 2.22. The largest absolute Gasteiger partial charge is 0.490 e. The van der Waals surface area contributed by atoms with Crippen LogP contribution in [0.2, 0.25) is 0 Å². The minimum Gasteiger partial charge on any atom is -0.490 e. The van der Waals surface area contributed by atoms with Gasteiger partial charge in [0.1, 0.15) is 17.4 Å². The molecule has 0 amide bonds. The molecule has 124 valence electrons. The van der Waals surface area contributed by atoms with Crippen molar-refractivity contribution < 1.29 is 13.9 Å². The first-order valence-electron chi connectivity index (χ1n) is 8.70. The van der Waals surface area contributed by atoms with Gasteiger partial charge in [0.15, 0.2) is 5.82 Å². The van der Waals surface area contributed by atoms with Gasteiger partial charge in [-0.05, 0) is 44.9 Å². The predicted molar refractivity (Wildman–Crippen MR) is 86.4 cm³/mol. The van der Waals surface area contributed by atoms with Crippen molar-refractivity contribution in [2.24, 2.45) is 7.05 Å². The first-order valence-corrected chi connectivity index (χ1v) is 8.70. The molecule has 2 aromatic rings. The van der Waals surface area contributed by atoms with Crippen molar-refractivity contribution in [3.05, 3.63) is 17.9 Å². The molecule has 5 heteroatoms. The molecule has 0 bridgehead atoms. The van der Waals surface area contributed by atoms with Crippen molar-refractivity contribution in [1.29, 1.82) is 0 Å². The fourth-order valence-corrected chi connectivity index (χ4v) is 3.39. The topological polar surface area (TPSA) is 36.3 Å². The van der Waals surface area contributed by atoms with Crippen molar-refractivity contribution in [3.8, 4) is 11.8 Å². The predicted octanol–water partition coefficient (Wildman–Crippen LogP) is 4.36. The number of ether oxygens (including phenoxy) is 2. The summed E-state index contributed by atoms with van der Waals surface area (Å²) in [6.07, 6.45) is 9.53. The number of hydrogen-bond donors (Lipinski definition) is 0. The maximum atomic E-state index is 14.4. The normalized spacial score (nSPS) is 19.7. The van der Waals surface area contributed by atoms with Gasteiger partial charge in [0.05, 0.1) is 11.6 Å². The fourth-order valence-electron chi connectivity index (χ4n) is 3.39. The number of rotatable bonds is 4. The lowest BCUT2D eigenvalue weighted by molar-refractivity contribution is 0.120. The van der Waals surface area contributed by atoms with Crippen LogP contribution in [0.5, 0.6) is 11.8 Å². The standard InChI is InChI=1S/C18H23FN2O2/c1-21-16-11-14(22-12-8-5-9-12)10-15(19)17(16)20-18(21)23-13-6-3-2-4-7-13/h10-13H,2-9H2,1H3. The number of aryl methyl sites for hydroxylation is 1. The second-order valence-corrected chi connectivity index (χ2v) is 6.77. The fraction of sp³-hybridized carbons (Fsp3) is 0.611. The van der Waals surface area contributed by atoms with Crippen LogP contribution < -0.4 is 9.47 Å². The van der Waals surface area contributed by atoms with Gasteiger partial charge in [0.2, 0.25) is 0 Å². The molecule has 0 unspecified atom stereocenters. The SMILES string of the molecule is Cn1c(OC2CCCCC2)nc2c(F)cc(OC3CCC3)cc21. The Kier molecular flexibility index (Phi) is 3.87. The summed E-state index contributed by atoms with van der Waals surface area (Å²) in [5, 5.41) is 0. The molecule has 4 nitrogen and oxygen atoms in total. The molecule has 2 aliphatic rings. The third kappa shape index (κ3) is 2.89. The van der Waals surface area contributed by atoms with Gasteiger partial charge < -0.3 is 9.47 Å². The van der Waals surface area contributed by atoms with Crippen molar-refractivity contribution >= 4 is 11.0 Å². The Morgan fingerprint density at radius 1 is 1.00 bits per heavy atom. The van der Waals surface area contributed by atoms with E-state index < -0.39 is 0 Å². The first-order chi connectivity index (χ1) is 11.2. The van der Waals surface area contributed by atoms with E-state index in [1.54, 1.807) is 0 Å². The highest BCUT2D eigenvalue weighted by Crippen LogP contribution is 2.32. The summed E-state index contributed by atoms with van der Waals surface area (Å²) in [5.41, 5.74) is 1.09. The molecular weight excluding hydrogens is 295 g/mol. The number of hydrogen-bond acceptors (Lipinski definition) is 3. The van der Waals surface area contributed by atoms with Crippen LogP contribution in [0, 0.1) is 5.82 Å². The lowest BCUT2D eigenvalue weighted by Gasteiger charge is -2.26. The zero-order valence-corrected chi connectivity index (χ0v) is 13.6. The molecule has 0 saturated heterocycles. The minimum atomic E-state index is -0.342. The molecule has 0 atom stereocenters. The molecule has 0 radical (unpaired) electrons. The van der Waals surface area contributed by atoms with Gasteiger partial charge in [-0.15, -0.1) is 0 Å². The van der Waals surface area contributed by atoms with Gasteiger partial charge in [0, 0.05) is 19.2 Å². The van der Waals surface area contributed by atoms with E-state index in [9.17, 15) is 4.39 Å². The highest BCUT2D eigenvalue weighted by molar-refractivity contribution is 5.79. The monoisotopic (exact) mass is 318 g/mol. The molecule has 0 spiro atoms. The third-order valence-electron chi connectivity index (χ3n) is 5.05. The minimum absolute atomic E-state index is 0.202. The van der Waals surface area contributed by atoms with E-state index in [4.69, 9.17) is 9.47 Å². The summed E-state index contributed by atoms with van der Waals surface area (Å²) in [6.45, 7) is 0. The second kappa shape index (κ2) is 6.02. The van der Waals surface area contributed by atoms with Gasteiger partial charge >= 0.3 is 0 Å². The van der Waals surface area contributed by atoms with Gasteiger partial charge in [0.25, 0.3) is 6.01 Å². The van der Waals surface area contributed by atoms with Gasteiger partial charge in [-0.25, -0.2) is 4.39 Å². The third-order valence-corrected chi connectivity index (χ3v) is 5.05. The van der Waals surface area contributed by atoms with E-state index in [-0.39, 0.29) is 18.0 Å². The van der Waals surface area contributed by atoms with E-state index in [2.05, 4.69) is 4.98 Å². The summed E-state index contributed by atoms with van der Waals surface area (Å²) in [7, 11) is 1.88. The summed E-state index contributed by atoms with van der Waals surface area (Å²) in [6, 6.07) is 3.82. The molecule has 1 aromatic carbocycles. The maximum Gasteiger partial charge on any atom is 0.297 e. The van der Waals surface area contributed by atoms with Crippen molar-refractivity contribution in [1.82, 2.24) is 9.55 Å². The Balaban J connectivity index is 1.61. The van der Waals surface area contributed by atoms with E-state index in [1.807, 2.05) is 17.7 Å². The molecule has 2 aliphatic carbocycles. The smallest absolute Gasteiger partial charge is 0.297 e. The van der Waals surface area contributed by atoms with Gasteiger partial charge in [-0.3, -0.25) is 4.57 Å². The Hall–Kier alpha value is -1.78. The number of benzene rings is 1. The van der Waals surface area contributed by atoms with Gasteiger partial charge in [-0.2, -0.15) is 4.98 Å². The number of imidazole rings is 1. The molecule has 0 N–H and O–H groups in total. The number of fused-ring (bicyclic) bond motifs is 1. The lowest BCUT2D eigenvalue weighted by atomic mass is 9.96. The molecule has 2 fully saturated rings. The lowest BCUT2D eigenvalue weighted by Crippen LogP contribution is -2.24. The Bertz CT molecular complexity index is 703. The van der Waals surface area contributed by atoms with E-state index >= 15 is 0 Å². The Labute approximate surface area is 135 Å². The molecule has 1 heterocycles. The van der Waals surface area contributed by atoms with E-state index in [1.165, 1.54) is 31.7 Å². The molecule has 4 rings (SSSR count). The molecule has 23 heavy (non-hydrogen) atoms. The van der Waals surface area contributed by atoms with Crippen molar-refractivity contribution in [2.75, 3.05) is 0 Å². The molecule has 2 saturated carbocycles. The van der Waals surface area contributed by atoms with Crippen LogP contribution in [0.4, 0.5) is 4.39 Å². The number of halogens is 1. The van der Waals surface area contributed by atoms with Crippen LogP contribution in [0.3, 0.4) is 0 Å². The van der Waals surface area contributed by atoms with Crippen LogP contribution in [0.25, 0.3) is 11.0 Å².